The molecule has 0 atom stereocenters. The Morgan fingerprint density at radius 2 is 2.06 bits per heavy atom. The molecule has 0 fully saturated rings. The standard InChI is InChI=1S/C14H18ClN3/c1-4-5-10-6-7-12-11(8-10)13(16-9(2)3)18-14(15)17-12/h6-9H,4-5H2,1-3H3,(H,16,17,18). The number of halogens is 1. The van der Waals surface area contributed by atoms with Crippen molar-refractivity contribution in [1.29, 1.82) is 0 Å². The molecule has 0 aliphatic heterocycles. The fourth-order valence-electron chi connectivity index (χ4n) is 1.97. The van der Waals surface area contributed by atoms with Crippen molar-refractivity contribution in [1.82, 2.24) is 9.97 Å². The third-order valence-electron chi connectivity index (χ3n) is 2.70. The quantitative estimate of drug-likeness (QED) is 0.846. The van der Waals surface area contributed by atoms with E-state index in [1.54, 1.807) is 0 Å². The number of benzene rings is 1. The van der Waals surface area contributed by atoms with E-state index in [1.807, 2.05) is 6.07 Å². The van der Waals surface area contributed by atoms with Crippen LogP contribution in [-0.2, 0) is 6.42 Å². The average molecular weight is 264 g/mol. The van der Waals surface area contributed by atoms with E-state index < -0.39 is 0 Å². The fraction of sp³-hybridized carbons (Fsp3) is 0.429. The van der Waals surface area contributed by atoms with Crippen LogP contribution in [0.1, 0.15) is 32.8 Å². The molecule has 0 saturated carbocycles. The first-order valence-electron chi connectivity index (χ1n) is 6.33. The van der Waals surface area contributed by atoms with Crippen LogP contribution in [0.2, 0.25) is 5.28 Å². The predicted octanol–water partition coefficient (Wildman–Crippen LogP) is 4.06. The van der Waals surface area contributed by atoms with Gasteiger partial charge in [0, 0.05) is 11.4 Å². The SMILES string of the molecule is CCCc1ccc2nc(Cl)nc(NC(C)C)c2c1. The average Bonchev–Trinajstić information content (AvgIpc) is 2.29. The van der Waals surface area contributed by atoms with Gasteiger partial charge in [0.15, 0.2) is 0 Å². The maximum Gasteiger partial charge on any atom is 0.224 e. The van der Waals surface area contributed by atoms with E-state index in [2.05, 4.69) is 48.2 Å². The minimum atomic E-state index is 0.286. The molecule has 1 heterocycles. The number of aryl methyl sites for hydroxylation is 1. The second-order valence-electron chi connectivity index (χ2n) is 4.74. The highest BCUT2D eigenvalue weighted by Crippen LogP contribution is 2.24. The number of hydrogen-bond acceptors (Lipinski definition) is 3. The molecule has 0 radical (unpaired) electrons. The van der Waals surface area contributed by atoms with Gasteiger partial charge < -0.3 is 5.32 Å². The molecule has 0 aliphatic carbocycles. The van der Waals surface area contributed by atoms with E-state index in [4.69, 9.17) is 11.6 Å². The summed E-state index contributed by atoms with van der Waals surface area (Å²) < 4.78 is 0. The van der Waals surface area contributed by atoms with Gasteiger partial charge in [-0.05, 0) is 49.6 Å². The van der Waals surface area contributed by atoms with Crippen LogP contribution in [0.3, 0.4) is 0 Å². The van der Waals surface area contributed by atoms with Crippen LogP contribution in [0, 0.1) is 0 Å². The van der Waals surface area contributed by atoms with Crippen molar-refractivity contribution in [3.63, 3.8) is 0 Å². The van der Waals surface area contributed by atoms with Crippen LogP contribution in [-0.4, -0.2) is 16.0 Å². The number of nitrogens with zero attached hydrogens (tertiary/aromatic N) is 2. The van der Waals surface area contributed by atoms with Gasteiger partial charge in [-0.1, -0.05) is 19.4 Å². The van der Waals surface area contributed by atoms with E-state index in [1.165, 1.54) is 5.56 Å². The van der Waals surface area contributed by atoms with Crippen molar-refractivity contribution >= 4 is 28.3 Å². The summed E-state index contributed by atoms with van der Waals surface area (Å²) in [7, 11) is 0. The molecule has 0 amide bonds. The Kier molecular flexibility index (Phi) is 4.02. The third kappa shape index (κ3) is 2.91. The number of aromatic nitrogens is 2. The molecule has 1 N–H and O–H groups in total. The summed E-state index contributed by atoms with van der Waals surface area (Å²) in [4.78, 5) is 8.55. The Hall–Kier alpha value is -1.35. The first kappa shape index (κ1) is 13.1. The number of rotatable bonds is 4. The van der Waals surface area contributed by atoms with Crippen LogP contribution in [0.5, 0.6) is 0 Å². The Bertz CT molecular complexity index is 552. The lowest BCUT2D eigenvalue weighted by Crippen LogP contribution is -2.12. The first-order chi connectivity index (χ1) is 8.60. The summed E-state index contributed by atoms with van der Waals surface area (Å²) in [6, 6.07) is 6.59. The van der Waals surface area contributed by atoms with E-state index >= 15 is 0 Å². The number of fused-ring (bicyclic) bond motifs is 1. The Balaban J connectivity index is 2.54. The highest BCUT2D eigenvalue weighted by molar-refractivity contribution is 6.28. The summed E-state index contributed by atoms with van der Waals surface area (Å²) in [5.41, 5.74) is 2.20. The van der Waals surface area contributed by atoms with Gasteiger partial charge in [-0.25, -0.2) is 9.97 Å². The summed E-state index contributed by atoms with van der Waals surface area (Å²) >= 11 is 5.95. The molecule has 3 nitrogen and oxygen atoms in total. The maximum atomic E-state index is 5.95. The molecule has 1 aromatic carbocycles. The Morgan fingerprint density at radius 3 is 2.72 bits per heavy atom. The van der Waals surface area contributed by atoms with Crippen LogP contribution in [0.25, 0.3) is 10.9 Å². The number of hydrogen-bond donors (Lipinski definition) is 1. The van der Waals surface area contributed by atoms with Gasteiger partial charge in [-0.15, -0.1) is 0 Å². The van der Waals surface area contributed by atoms with Gasteiger partial charge in [-0.3, -0.25) is 0 Å². The van der Waals surface area contributed by atoms with Crippen LogP contribution in [0.15, 0.2) is 18.2 Å². The molecule has 0 saturated heterocycles. The zero-order chi connectivity index (χ0) is 13.1. The molecule has 2 rings (SSSR count). The van der Waals surface area contributed by atoms with Gasteiger partial charge in [0.05, 0.1) is 5.52 Å². The largest absolute Gasteiger partial charge is 0.367 e. The zero-order valence-corrected chi connectivity index (χ0v) is 11.8. The molecule has 4 heteroatoms. The minimum absolute atomic E-state index is 0.286. The predicted molar refractivity (Wildman–Crippen MR) is 77.3 cm³/mol. The topological polar surface area (TPSA) is 37.8 Å². The molecule has 2 aromatic rings. The lowest BCUT2D eigenvalue weighted by molar-refractivity contribution is 0.889. The van der Waals surface area contributed by atoms with Gasteiger partial charge >= 0.3 is 0 Å². The molecule has 0 bridgehead atoms. The van der Waals surface area contributed by atoms with Crippen molar-refractivity contribution in [2.45, 2.75) is 39.7 Å². The van der Waals surface area contributed by atoms with Crippen molar-refractivity contribution in [3.05, 3.63) is 29.0 Å². The summed E-state index contributed by atoms with van der Waals surface area (Å²) in [6.45, 7) is 6.34. The van der Waals surface area contributed by atoms with E-state index in [0.29, 0.717) is 6.04 Å². The third-order valence-corrected chi connectivity index (χ3v) is 2.87. The molecule has 0 unspecified atom stereocenters. The van der Waals surface area contributed by atoms with E-state index in [9.17, 15) is 0 Å². The summed E-state index contributed by atoms with van der Waals surface area (Å²) in [5.74, 6) is 0.818. The van der Waals surface area contributed by atoms with E-state index in [0.717, 1.165) is 29.6 Å². The van der Waals surface area contributed by atoms with Crippen molar-refractivity contribution in [2.24, 2.45) is 0 Å². The monoisotopic (exact) mass is 263 g/mol. The van der Waals surface area contributed by atoms with Crippen LogP contribution < -0.4 is 5.32 Å². The fourth-order valence-corrected chi connectivity index (χ4v) is 2.15. The molecule has 96 valence electrons. The number of anilines is 1. The lowest BCUT2D eigenvalue weighted by Gasteiger charge is -2.12. The molecular formula is C14H18ClN3. The van der Waals surface area contributed by atoms with Gasteiger partial charge in [-0.2, -0.15) is 0 Å². The van der Waals surface area contributed by atoms with Gasteiger partial charge in [0.2, 0.25) is 5.28 Å². The second kappa shape index (κ2) is 5.53. The Labute approximate surface area is 113 Å². The Morgan fingerprint density at radius 1 is 1.28 bits per heavy atom. The molecule has 0 aliphatic rings. The molecule has 1 aromatic heterocycles. The smallest absolute Gasteiger partial charge is 0.224 e. The second-order valence-corrected chi connectivity index (χ2v) is 5.08. The number of nitrogens with one attached hydrogen (secondary N) is 1. The molecule has 0 spiro atoms. The zero-order valence-electron chi connectivity index (χ0n) is 11.0. The highest BCUT2D eigenvalue weighted by Gasteiger charge is 2.08. The summed E-state index contributed by atoms with van der Waals surface area (Å²) in [6.07, 6.45) is 2.20. The van der Waals surface area contributed by atoms with Gasteiger partial charge in [0.25, 0.3) is 0 Å². The maximum absolute atomic E-state index is 5.95. The van der Waals surface area contributed by atoms with Gasteiger partial charge in [0.1, 0.15) is 5.82 Å². The van der Waals surface area contributed by atoms with E-state index in [-0.39, 0.29) is 5.28 Å². The summed E-state index contributed by atoms with van der Waals surface area (Å²) in [5, 5.41) is 4.65. The van der Waals surface area contributed by atoms with Crippen LogP contribution in [0.4, 0.5) is 5.82 Å². The van der Waals surface area contributed by atoms with Crippen LogP contribution >= 0.6 is 11.6 Å². The highest BCUT2D eigenvalue weighted by atomic mass is 35.5. The molecule has 18 heavy (non-hydrogen) atoms. The van der Waals surface area contributed by atoms with Crippen molar-refractivity contribution in [3.8, 4) is 0 Å². The van der Waals surface area contributed by atoms with Crippen molar-refractivity contribution in [2.75, 3.05) is 5.32 Å². The minimum Gasteiger partial charge on any atom is -0.367 e. The van der Waals surface area contributed by atoms with Crippen molar-refractivity contribution < 1.29 is 0 Å². The first-order valence-corrected chi connectivity index (χ1v) is 6.70. The normalized spacial score (nSPS) is 11.2. The lowest BCUT2D eigenvalue weighted by atomic mass is 10.1. The molecular weight excluding hydrogens is 246 g/mol.